The van der Waals surface area contributed by atoms with Crippen molar-refractivity contribution in [2.75, 3.05) is 37.6 Å². The quantitative estimate of drug-likeness (QED) is 0.634. The summed E-state index contributed by atoms with van der Waals surface area (Å²) in [4.78, 5) is 21.6. The number of nitrogens with zero attached hydrogens (tertiary/aromatic N) is 4. The maximum absolute atomic E-state index is 12.0. The monoisotopic (exact) mass is 433 g/mol. The SMILES string of the molecule is N#CCCCC(=O)NC1CCC(CCN2CCN(c3cccc4ncccc34)CC2)CC1. The Morgan fingerprint density at radius 3 is 2.69 bits per heavy atom. The summed E-state index contributed by atoms with van der Waals surface area (Å²) < 4.78 is 0. The summed E-state index contributed by atoms with van der Waals surface area (Å²) in [5, 5.41) is 13.0. The molecule has 2 aromatic rings. The van der Waals surface area contributed by atoms with Crippen LogP contribution in [0.15, 0.2) is 36.5 Å². The summed E-state index contributed by atoms with van der Waals surface area (Å²) in [6, 6.07) is 13.1. The van der Waals surface area contributed by atoms with E-state index < -0.39 is 0 Å². The van der Waals surface area contributed by atoms with Gasteiger partial charge in [-0.2, -0.15) is 5.26 Å². The van der Waals surface area contributed by atoms with Crippen LogP contribution >= 0.6 is 0 Å². The highest BCUT2D eigenvalue weighted by Gasteiger charge is 2.24. The Kier molecular flexibility index (Phi) is 7.95. The molecule has 170 valence electrons. The van der Waals surface area contributed by atoms with Crippen molar-refractivity contribution in [3.63, 3.8) is 0 Å². The normalized spacial score (nSPS) is 21.9. The molecule has 32 heavy (non-hydrogen) atoms. The number of rotatable bonds is 8. The molecule has 0 atom stereocenters. The maximum atomic E-state index is 12.0. The standard InChI is InChI=1S/C26H35N5O/c27-14-2-1-8-26(32)29-22-11-9-21(10-12-22)13-16-30-17-19-31(20-18-30)25-7-3-6-24-23(25)5-4-15-28-24/h3-7,15,21-22H,1-2,8-13,16-20H2,(H,29,32). The third kappa shape index (κ3) is 5.98. The Morgan fingerprint density at radius 1 is 1.09 bits per heavy atom. The van der Waals surface area contributed by atoms with E-state index in [1.807, 2.05) is 12.3 Å². The van der Waals surface area contributed by atoms with Crippen molar-refractivity contribution < 1.29 is 4.79 Å². The lowest BCUT2D eigenvalue weighted by Crippen LogP contribution is -2.47. The van der Waals surface area contributed by atoms with Crippen LogP contribution in [0.2, 0.25) is 0 Å². The Balaban J connectivity index is 1.16. The summed E-state index contributed by atoms with van der Waals surface area (Å²) >= 11 is 0. The minimum absolute atomic E-state index is 0.114. The molecule has 6 heteroatoms. The summed E-state index contributed by atoms with van der Waals surface area (Å²) in [7, 11) is 0. The lowest BCUT2D eigenvalue weighted by Gasteiger charge is -2.37. The molecule has 1 aliphatic carbocycles. The number of aromatic nitrogens is 1. The van der Waals surface area contributed by atoms with E-state index >= 15 is 0 Å². The fourth-order valence-electron chi connectivity index (χ4n) is 5.16. The second-order valence-electron chi connectivity index (χ2n) is 9.26. The number of hydrogen-bond donors (Lipinski definition) is 1. The summed E-state index contributed by atoms with van der Waals surface area (Å²) in [5.41, 5.74) is 2.38. The number of fused-ring (bicyclic) bond motifs is 1. The van der Waals surface area contributed by atoms with Gasteiger partial charge in [-0.05, 0) is 75.3 Å². The Hall–Kier alpha value is -2.65. The number of anilines is 1. The zero-order chi connectivity index (χ0) is 22.2. The minimum Gasteiger partial charge on any atom is -0.368 e. The number of carbonyl (C=O) groups is 1. The van der Waals surface area contributed by atoms with Crippen LogP contribution in [0.3, 0.4) is 0 Å². The molecule has 0 bridgehead atoms. The fourth-order valence-corrected chi connectivity index (χ4v) is 5.16. The highest BCUT2D eigenvalue weighted by Crippen LogP contribution is 2.29. The first kappa shape index (κ1) is 22.5. The van der Waals surface area contributed by atoms with E-state index in [4.69, 9.17) is 5.26 Å². The molecule has 1 aromatic carbocycles. The van der Waals surface area contributed by atoms with Crippen molar-refractivity contribution in [1.82, 2.24) is 15.2 Å². The van der Waals surface area contributed by atoms with Gasteiger partial charge < -0.3 is 10.2 Å². The zero-order valence-corrected chi connectivity index (χ0v) is 19.0. The van der Waals surface area contributed by atoms with Gasteiger partial charge in [-0.3, -0.25) is 14.7 Å². The minimum atomic E-state index is 0.114. The lowest BCUT2D eigenvalue weighted by molar-refractivity contribution is -0.122. The summed E-state index contributed by atoms with van der Waals surface area (Å²) in [5.74, 6) is 0.896. The molecule has 2 aliphatic rings. The Bertz CT molecular complexity index is 918. The van der Waals surface area contributed by atoms with Gasteiger partial charge in [0.25, 0.3) is 0 Å². The molecule has 0 spiro atoms. The molecule has 1 aliphatic heterocycles. The van der Waals surface area contributed by atoms with Gasteiger partial charge in [-0.25, -0.2) is 0 Å². The van der Waals surface area contributed by atoms with E-state index in [0.29, 0.717) is 25.3 Å². The van der Waals surface area contributed by atoms with Crippen molar-refractivity contribution in [2.24, 2.45) is 5.92 Å². The second-order valence-corrected chi connectivity index (χ2v) is 9.26. The Labute approximate surface area is 191 Å². The van der Waals surface area contributed by atoms with Crippen LogP contribution in [0.1, 0.15) is 51.4 Å². The third-order valence-electron chi connectivity index (χ3n) is 7.09. The zero-order valence-electron chi connectivity index (χ0n) is 19.0. The Morgan fingerprint density at radius 2 is 1.91 bits per heavy atom. The molecular weight excluding hydrogens is 398 g/mol. The number of hydrogen-bond acceptors (Lipinski definition) is 5. The van der Waals surface area contributed by atoms with Gasteiger partial charge in [-0.1, -0.05) is 6.07 Å². The average Bonchev–Trinajstić information content (AvgIpc) is 2.84. The smallest absolute Gasteiger partial charge is 0.220 e. The molecule has 2 heterocycles. The van der Waals surface area contributed by atoms with Gasteiger partial charge >= 0.3 is 0 Å². The molecule has 6 nitrogen and oxygen atoms in total. The average molecular weight is 434 g/mol. The number of pyridine rings is 1. The van der Waals surface area contributed by atoms with Crippen LogP contribution in [0.5, 0.6) is 0 Å². The third-order valence-corrected chi connectivity index (χ3v) is 7.09. The predicted molar refractivity (Wildman–Crippen MR) is 128 cm³/mol. The first-order valence-corrected chi connectivity index (χ1v) is 12.2. The number of benzene rings is 1. The van der Waals surface area contributed by atoms with Crippen LogP contribution in [0, 0.1) is 17.2 Å². The van der Waals surface area contributed by atoms with Crippen molar-refractivity contribution in [3.05, 3.63) is 36.5 Å². The van der Waals surface area contributed by atoms with E-state index in [9.17, 15) is 4.79 Å². The van der Waals surface area contributed by atoms with Crippen LogP contribution < -0.4 is 10.2 Å². The number of unbranched alkanes of at least 4 members (excludes halogenated alkanes) is 1. The van der Waals surface area contributed by atoms with Crippen LogP contribution in [0.4, 0.5) is 5.69 Å². The molecule has 0 radical (unpaired) electrons. The lowest BCUT2D eigenvalue weighted by atomic mass is 9.84. The van der Waals surface area contributed by atoms with Gasteiger partial charge in [0.15, 0.2) is 0 Å². The van der Waals surface area contributed by atoms with Gasteiger partial charge in [0.05, 0.1) is 11.6 Å². The number of carbonyl (C=O) groups excluding carboxylic acids is 1. The summed E-state index contributed by atoms with van der Waals surface area (Å²) in [6.45, 7) is 5.55. The molecule has 1 amide bonds. The van der Waals surface area contributed by atoms with Crippen LogP contribution in [0.25, 0.3) is 10.9 Å². The van der Waals surface area contributed by atoms with Crippen molar-refractivity contribution >= 4 is 22.5 Å². The largest absolute Gasteiger partial charge is 0.368 e. The number of piperazine rings is 1. The molecule has 0 unspecified atom stereocenters. The fraction of sp³-hybridized carbons (Fsp3) is 0.577. The van der Waals surface area contributed by atoms with Crippen molar-refractivity contribution in [1.29, 1.82) is 5.26 Å². The molecule has 4 rings (SSSR count). The van der Waals surface area contributed by atoms with E-state index in [1.165, 1.54) is 36.9 Å². The van der Waals surface area contributed by atoms with Gasteiger partial charge in [-0.15, -0.1) is 0 Å². The van der Waals surface area contributed by atoms with Gasteiger partial charge in [0.1, 0.15) is 0 Å². The highest BCUT2D eigenvalue weighted by atomic mass is 16.1. The second kappa shape index (κ2) is 11.3. The first-order valence-electron chi connectivity index (χ1n) is 12.2. The predicted octanol–water partition coefficient (Wildman–Crippen LogP) is 4.12. The number of nitriles is 1. The molecule has 1 saturated heterocycles. The maximum Gasteiger partial charge on any atom is 0.220 e. The van der Waals surface area contributed by atoms with E-state index in [-0.39, 0.29) is 5.91 Å². The first-order chi connectivity index (χ1) is 15.7. The van der Waals surface area contributed by atoms with Crippen molar-refractivity contribution in [2.45, 2.75) is 57.4 Å². The number of amides is 1. The molecular formula is C26H35N5O. The molecule has 1 saturated carbocycles. The van der Waals surface area contributed by atoms with Crippen LogP contribution in [-0.2, 0) is 4.79 Å². The van der Waals surface area contributed by atoms with Crippen molar-refractivity contribution in [3.8, 4) is 6.07 Å². The van der Waals surface area contributed by atoms with Gasteiger partial charge in [0.2, 0.25) is 5.91 Å². The highest BCUT2D eigenvalue weighted by molar-refractivity contribution is 5.91. The topological polar surface area (TPSA) is 72.3 Å². The molecule has 1 N–H and O–H groups in total. The number of nitrogens with one attached hydrogen (secondary N) is 1. The van der Waals surface area contributed by atoms with E-state index in [0.717, 1.165) is 50.5 Å². The summed E-state index contributed by atoms with van der Waals surface area (Å²) in [6.07, 6.45) is 9.36. The molecule has 2 fully saturated rings. The van der Waals surface area contributed by atoms with Gasteiger partial charge in [0, 0.05) is 62.3 Å². The van der Waals surface area contributed by atoms with E-state index in [1.54, 1.807) is 0 Å². The van der Waals surface area contributed by atoms with Crippen LogP contribution in [-0.4, -0.2) is 54.6 Å². The molecule has 1 aromatic heterocycles. The van der Waals surface area contributed by atoms with E-state index in [2.05, 4.69) is 50.4 Å².